The molecule has 0 fully saturated rings. The van der Waals surface area contributed by atoms with Gasteiger partial charge in [-0.1, -0.05) is 17.7 Å². The highest BCUT2D eigenvalue weighted by Crippen LogP contribution is 2.29. The van der Waals surface area contributed by atoms with Gasteiger partial charge in [0, 0.05) is 23.9 Å². The summed E-state index contributed by atoms with van der Waals surface area (Å²) in [5.74, 6) is -0.291. The highest BCUT2D eigenvalue weighted by atomic mass is 32.2. The number of hydrogen-bond acceptors (Lipinski definition) is 5. The second kappa shape index (κ2) is 9.52. The Hall–Kier alpha value is -3.85. The molecule has 2 amide bonds. The first kappa shape index (κ1) is 22.8. The fourth-order valence-electron chi connectivity index (χ4n) is 2.89. The quantitative estimate of drug-likeness (QED) is 0.500. The van der Waals surface area contributed by atoms with Crippen LogP contribution in [0.5, 0.6) is 5.75 Å². The van der Waals surface area contributed by atoms with E-state index in [0.29, 0.717) is 22.7 Å². The van der Waals surface area contributed by atoms with Crippen molar-refractivity contribution in [3.8, 4) is 5.75 Å². The third-order valence-corrected chi connectivity index (χ3v) is 5.88. The maximum Gasteiger partial charge on any atom is 0.261 e. The second-order valence-electron chi connectivity index (χ2n) is 7.05. The van der Waals surface area contributed by atoms with E-state index in [-0.39, 0.29) is 22.4 Å². The Morgan fingerprint density at radius 3 is 2.06 bits per heavy atom. The minimum atomic E-state index is -3.95. The van der Waals surface area contributed by atoms with E-state index in [9.17, 15) is 18.0 Å². The first-order valence-corrected chi connectivity index (χ1v) is 11.1. The summed E-state index contributed by atoms with van der Waals surface area (Å²) in [6, 6.07) is 17.4. The number of ether oxygens (including phenoxy) is 1. The van der Waals surface area contributed by atoms with E-state index in [1.165, 1.54) is 44.4 Å². The highest BCUT2D eigenvalue weighted by Gasteiger charge is 2.18. The first-order valence-electron chi connectivity index (χ1n) is 9.64. The Balaban J connectivity index is 1.83. The van der Waals surface area contributed by atoms with Gasteiger partial charge in [0.15, 0.2) is 0 Å². The van der Waals surface area contributed by atoms with Crippen molar-refractivity contribution < 1.29 is 22.7 Å². The fraction of sp³-hybridized carbons (Fsp3) is 0.130. The van der Waals surface area contributed by atoms with Crippen molar-refractivity contribution in [2.24, 2.45) is 0 Å². The molecule has 0 bridgehead atoms. The molecule has 0 aromatic heterocycles. The van der Waals surface area contributed by atoms with Crippen molar-refractivity contribution >= 4 is 38.9 Å². The molecule has 8 nitrogen and oxygen atoms in total. The van der Waals surface area contributed by atoms with Crippen LogP contribution < -0.4 is 20.1 Å². The Bertz CT molecular complexity index is 1240. The van der Waals surface area contributed by atoms with Crippen LogP contribution in [0.1, 0.15) is 22.8 Å². The molecule has 0 aliphatic carbocycles. The molecule has 3 aromatic carbocycles. The molecular formula is C23H23N3O5S. The van der Waals surface area contributed by atoms with Gasteiger partial charge in [-0.15, -0.1) is 0 Å². The molecule has 0 radical (unpaired) electrons. The summed E-state index contributed by atoms with van der Waals surface area (Å²) in [6.45, 7) is 3.30. The number of amides is 2. The Labute approximate surface area is 186 Å². The average Bonchev–Trinajstić information content (AvgIpc) is 2.75. The number of carbonyl (C=O) groups is 2. The predicted molar refractivity (Wildman–Crippen MR) is 124 cm³/mol. The zero-order valence-electron chi connectivity index (χ0n) is 17.8. The summed E-state index contributed by atoms with van der Waals surface area (Å²) >= 11 is 0. The van der Waals surface area contributed by atoms with Gasteiger partial charge in [0.1, 0.15) is 5.75 Å². The number of hydrogen-bond donors (Lipinski definition) is 3. The third kappa shape index (κ3) is 5.64. The normalized spacial score (nSPS) is 10.8. The lowest BCUT2D eigenvalue weighted by Crippen LogP contribution is -2.16. The van der Waals surface area contributed by atoms with E-state index in [2.05, 4.69) is 15.4 Å². The van der Waals surface area contributed by atoms with Crippen molar-refractivity contribution in [1.82, 2.24) is 0 Å². The van der Waals surface area contributed by atoms with Gasteiger partial charge in [0.2, 0.25) is 5.91 Å². The van der Waals surface area contributed by atoms with Gasteiger partial charge >= 0.3 is 0 Å². The fourth-order valence-corrected chi connectivity index (χ4v) is 3.97. The van der Waals surface area contributed by atoms with Gasteiger partial charge in [-0.05, 0) is 61.5 Å². The molecular weight excluding hydrogens is 430 g/mol. The van der Waals surface area contributed by atoms with Crippen molar-refractivity contribution in [2.75, 3.05) is 22.5 Å². The van der Waals surface area contributed by atoms with E-state index in [4.69, 9.17) is 4.74 Å². The molecule has 0 atom stereocenters. The zero-order chi connectivity index (χ0) is 23.3. The Morgan fingerprint density at radius 2 is 1.47 bits per heavy atom. The van der Waals surface area contributed by atoms with E-state index in [1.54, 1.807) is 24.3 Å². The molecule has 3 aromatic rings. The molecule has 9 heteroatoms. The zero-order valence-corrected chi connectivity index (χ0v) is 18.6. The maximum atomic E-state index is 12.9. The van der Waals surface area contributed by atoms with Gasteiger partial charge in [0.25, 0.3) is 15.9 Å². The van der Waals surface area contributed by atoms with Gasteiger partial charge in [0.05, 0.1) is 17.7 Å². The number of sulfonamides is 1. The van der Waals surface area contributed by atoms with Gasteiger partial charge in [-0.25, -0.2) is 8.42 Å². The molecule has 166 valence electrons. The smallest absolute Gasteiger partial charge is 0.261 e. The van der Waals surface area contributed by atoms with Crippen LogP contribution in [0.3, 0.4) is 0 Å². The van der Waals surface area contributed by atoms with E-state index in [0.717, 1.165) is 5.56 Å². The summed E-state index contributed by atoms with van der Waals surface area (Å²) in [4.78, 5) is 23.7. The van der Waals surface area contributed by atoms with Crippen molar-refractivity contribution in [1.29, 1.82) is 0 Å². The number of anilines is 3. The molecule has 32 heavy (non-hydrogen) atoms. The van der Waals surface area contributed by atoms with Gasteiger partial charge < -0.3 is 15.4 Å². The SMILES string of the molecule is COc1ccc(S(=O)(=O)Nc2ccc(NC(C)=O)cc2)cc1NC(=O)c1ccc(C)cc1. The van der Waals surface area contributed by atoms with Gasteiger partial charge in [-0.2, -0.15) is 0 Å². The monoisotopic (exact) mass is 453 g/mol. The number of nitrogens with one attached hydrogen (secondary N) is 3. The standard InChI is InChI=1S/C23H23N3O5S/c1-15-4-6-17(7-5-15)23(28)25-21-14-20(12-13-22(21)31-3)32(29,30)26-19-10-8-18(9-11-19)24-16(2)27/h4-14,26H,1-3H3,(H,24,27)(H,25,28). The first-order chi connectivity index (χ1) is 15.2. The highest BCUT2D eigenvalue weighted by molar-refractivity contribution is 7.92. The molecule has 0 unspecified atom stereocenters. The Morgan fingerprint density at radius 1 is 0.844 bits per heavy atom. The third-order valence-electron chi connectivity index (χ3n) is 4.50. The number of carbonyl (C=O) groups excluding carboxylic acids is 2. The van der Waals surface area contributed by atoms with E-state index in [1.807, 2.05) is 19.1 Å². The number of benzene rings is 3. The number of aryl methyl sites for hydroxylation is 1. The van der Waals surface area contributed by atoms with Crippen LogP contribution in [0.25, 0.3) is 0 Å². The summed E-state index contributed by atoms with van der Waals surface area (Å²) in [5, 5.41) is 5.31. The molecule has 3 rings (SSSR count). The minimum Gasteiger partial charge on any atom is -0.495 e. The van der Waals surface area contributed by atoms with Crippen molar-refractivity contribution in [2.45, 2.75) is 18.7 Å². The van der Waals surface area contributed by atoms with Crippen LogP contribution in [-0.4, -0.2) is 27.3 Å². The summed E-state index contributed by atoms with van der Waals surface area (Å²) in [6.07, 6.45) is 0. The molecule has 0 aliphatic heterocycles. The summed E-state index contributed by atoms with van der Waals surface area (Å²) in [7, 11) is -2.52. The molecule has 0 aliphatic rings. The molecule has 0 spiro atoms. The summed E-state index contributed by atoms with van der Waals surface area (Å²) < 4.78 is 33.5. The second-order valence-corrected chi connectivity index (χ2v) is 8.73. The Kier molecular flexibility index (Phi) is 6.79. The topological polar surface area (TPSA) is 114 Å². The minimum absolute atomic E-state index is 0.0524. The van der Waals surface area contributed by atoms with Crippen molar-refractivity contribution in [3.63, 3.8) is 0 Å². The number of methoxy groups -OCH3 is 1. The maximum absolute atomic E-state index is 12.9. The largest absolute Gasteiger partial charge is 0.495 e. The van der Waals surface area contributed by atoms with Crippen LogP contribution >= 0.6 is 0 Å². The summed E-state index contributed by atoms with van der Waals surface area (Å²) in [5.41, 5.74) is 2.54. The van der Waals surface area contributed by atoms with Crippen LogP contribution in [-0.2, 0) is 14.8 Å². The predicted octanol–water partition coefficient (Wildman–Crippen LogP) is 4.02. The van der Waals surface area contributed by atoms with Crippen molar-refractivity contribution in [3.05, 3.63) is 77.9 Å². The van der Waals surface area contributed by atoms with Crippen LogP contribution in [0.2, 0.25) is 0 Å². The molecule has 0 heterocycles. The van der Waals surface area contributed by atoms with Crippen LogP contribution in [0.15, 0.2) is 71.6 Å². The molecule has 3 N–H and O–H groups in total. The van der Waals surface area contributed by atoms with E-state index >= 15 is 0 Å². The lowest BCUT2D eigenvalue weighted by Gasteiger charge is -2.14. The lowest BCUT2D eigenvalue weighted by molar-refractivity contribution is -0.114. The van der Waals surface area contributed by atoms with Crippen LogP contribution in [0.4, 0.5) is 17.1 Å². The van der Waals surface area contributed by atoms with E-state index < -0.39 is 10.0 Å². The van der Waals surface area contributed by atoms with Gasteiger partial charge in [-0.3, -0.25) is 14.3 Å². The average molecular weight is 454 g/mol. The van der Waals surface area contributed by atoms with Crippen LogP contribution in [0, 0.1) is 6.92 Å². The lowest BCUT2D eigenvalue weighted by atomic mass is 10.1. The number of rotatable bonds is 7. The molecule has 0 saturated carbocycles. The molecule has 0 saturated heterocycles.